The van der Waals surface area contributed by atoms with E-state index in [4.69, 9.17) is 9.47 Å². The van der Waals surface area contributed by atoms with Gasteiger partial charge in [-0.25, -0.2) is 0 Å². The van der Waals surface area contributed by atoms with Crippen LogP contribution < -0.4 is 10.6 Å². The number of para-hydroxylation sites is 1. The van der Waals surface area contributed by atoms with Gasteiger partial charge in [0.1, 0.15) is 12.4 Å². The largest absolute Gasteiger partial charge is 0.487 e. The summed E-state index contributed by atoms with van der Waals surface area (Å²) in [5, 5.41) is 6.27. The van der Waals surface area contributed by atoms with Crippen LogP contribution in [0.3, 0.4) is 0 Å². The van der Waals surface area contributed by atoms with Gasteiger partial charge in [-0.05, 0) is 24.6 Å². The summed E-state index contributed by atoms with van der Waals surface area (Å²) in [6, 6.07) is 14.1. The van der Waals surface area contributed by atoms with E-state index in [1.165, 1.54) is 5.56 Å². The fraction of sp³-hybridized carbons (Fsp3) is 0.286. The minimum atomic E-state index is -0.0968. The van der Waals surface area contributed by atoms with Gasteiger partial charge in [0.2, 0.25) is 0 Å². The number of carbonyl (C=O) groups excluding carboxylic acids is 1. The highest BCUT2D eigenvalue weighted by Gasteiger charge is 2.32. The quantitative estimate of drug-likeness (QED) is 0.621. The smallest absolute Gasteiger partial charge is 0.260 e. The molecule has 5 heteroatoms. The van der Waals surface area contributed by atoms with Gasteiger partial charge in [0.05, 0.1) is 12.2 Å². The van der Waals surface area contributed by atoms with E-state index in [1.807, 2.05) is 24.3 Å². The van der Waals surface area contributed by atoms with Crippen LogP contribution in [0.1, 0.15) is 22.3 Å². The van der Waals surface area contributed by atoms with Crippen LogP contribution in [0.5, 0.6) is 0 Å². The number of carbonyl (C=O) groups is 1. The number of anilines is 1. The number of hydrogen-bond acceptors (Lipinski definition) is 4. The van der Waals surface area contributed by atoms with Crippen molar-refractivity contribution in [2.24, 2.45) is 0 Å². The van der Waals surface area contributed by atoms with Crippen LogP contribution in [-0.2, 0) is 27.3 Å². The standard InChI is InChI=1S/C21H22N2O3/c1-25-11-10-22-9-8-14-6-7-16-15(12-14)13-26-20(16)19-17-4-2-3-5-18(17)23-21(19)24/h2-7,12,22H,8-11,13H2,1H3,(H,23,24). The molecule has 0 saturated carbocycles. The van der Waals surface area contributed by atoms with Crippen molar-refractivity contribution in [3.8, 4) is 0 Å². The Hall–Kier alpha value is -2.63. The predicted molar refractivity (Wildman–Crippen MR) is 102 cm³/mol. The summed E-state index contributed by atoms with van der Waals surface area (Å²) < 4.78 is 11.0. The van der Waals surface area contributed by atoms with Crippen LogP contribution in [0, 0.1) is 0 Å². The maximum atomic E-state index is 12.5. The van der Waals surface area contributed by atoms with Gasteiger partial charge in [-0.1, -0.05) is 36.4 Å². The van der Waals surface area contributed by atoms with Crippen LogP contribution in [0.2, 0.25) is 0 Å². The second kappa shape index (κ2) is 7.32. The topological polar surface area (TPSA) is 59.6 Å². The van der Waals surface area contributed by atoms with Crippen molar-refractivity contribution >= 4 is 22.9 Å². The minimum Gasteiger partial charge on any atom is -0.487 e. The summed E-state index contributed by atoms with van der Waals surface area (Å²) >= 11 is 0. The normalized spacial score (nSPS) is 17.7. The SMILES string of the molecule is COCCNCCc1ccc2c(c1)COC2=C1C(=O)Nc2ccccc21. The van der Waals surface area contributed by atoms with Crippen molar-refractivity contribution in [1.29, 1.82) is 0 Å². The van der Waals surface area contributed by atoms with Gasteiger partial charge in [-0.15, -0.1) is 0 Å². The van der Waals surface area contributed by atoms with Gasteiger partial charge >= 0.3 is 0 Å². The van der Waals surface area contributed by atoms with E-state index >= 15 is 0 Å². The molecule has 0 aromatic heterocycles. The van der Waals surface area contributed by atoms with Crippen LogP contribution in [0.4, 0.5) is 5.69 Å². The number of ether oxygens (including phenoxy) is 2. The van der Waals surface area contributed by atoms with Crippen molar-refractivity contribution in [2.75, 3.05) is 32.1 Å². The number of hydrogen-bond donors (Lipinski definition) is 2. The zero-order chi connectivity index (χ0) is 17.9. The number of amides is 1. The summed E-state index contributed by atoms with van der Waals surface area (Å²) in [7, 11) is 1.71. The monoisotopic (exact) mass is 350 g/mol. The first-order valence-electron chi connectivity index (χ1n) is 8.87. The lowest BCUT2D eigenvalue weighted by Gasteiger charge is -2.07. The highest BCUT2D eigenvalue weighted by atomic mass is 16.5. The van der Waals surface area contributed by atoms with Crippen molar-refractivity contribution < 1.29 is 14.3 Å². The molecule has 0 aliphatic carbocycles. The molecular formula is C21H22N2O3. The molecule has 2 aliphatic heterocycles. The maximum Gasteiger partial charge on any atom is 0.260 e. The third-order valence-corrected chi connectivity index (χ3v) is 4.76. The van der Waals surface area contributed by atoms with Crippen LogP contribution in [0.15, 0.2) is 42.5 Å². The van der Waals surface area contributed by atoms with E-state index < -0.39 is 0 Å². The number of benzene rings is 2. The molecule has 0 radical (unpaired) electrons. The van der Waals surface area contributed by atoms with Crippen molar-refractivity contribution in [3.05, 3.63) is 64.7 Å². The summed E-state index contributed by atoms with van der Waals surface area (Å²) in [6.07, 6.45) is 0.951. The Morgan fingerprint density at radius 1 is 1.15 bits per heavy atom. The first kappa shape index (κ1) is 16.8. The van der Waals surface area contributed by atoms with Crippen LogP contribution in [0.25, 0.3) is 11.3 Å². The first-order chi connectivity index (χ1) is 12.8. The van der Waals surface area contributed by atoms with Gasteiger partial charge in [-0.3, -0.25) is 4.79 Å². The molecule has 0 unspecified atom stereocenters. The lowest BCUT2D eigenvalue weighted by atomic mass is 9.98. The average molecular weight is 350 g/mol. The van der Waals surface area contributed by atoms with Crippen molar-refractivity contribution in [3.63, 3.8) is 0 Å². The predicted octanol–water partition coefficient (Wildman–Crippen LogP) is 2.82. The lowest BCUT2D eigenvalue weighted by molar-refractivity contribution is -0.110. The highest BCUT2D eigenvalue weighted by molar-refractivity contribution is 6.36. The summed E-state index contributed by atoms with van der Waals surface area (Å²) in [5.74, 6) is 0.590. The second-order valence-corrected chi connectivity index (χ2v) is 6.48. The molecule has 134 valence electrons. The lowest BCUT2D eigenvalue weighted by Crippen LogP contribution is -2.21. The van der Waals surface area contributed by atoms with Gasteiger partial charge in [0.15, 0.2) is 0 Å². The molecule has 2 aromatic carbocycles. The molecule has 0 saturated heterocycles. The first-order valence-corrected chi connectivity index (χ1v) is 8.87. The average Bonchev–Trinajstić information content (AvgIpc) is 3.20. The fourth-order valence-electron chi connectivity index (χ4n) is 3.45. The molecule has 2 aliphatic rings. The number of nitrogens with one attached hydrogen (secondary N) is 2. The second-order valence-electron chi connectivity index (χ2n) is 6.48. The Balaban J connectivity index is 1.56. The van der Waals surface area contributed by atoms with Gasteiger partial charge in [-0.2, -0.15) is 0 Å². The molecule has 0 fully saturated rings. The molecule has 0 atom stereocenters. The molecule has 1 amide bonds. The van der Waals surface area contributed by atoms with Gasteiger partial charge in [0, 0.05) is 36.0 Å². The van der Waals surface area contributed by atoms with Crippen molar-refractivity contribution in [1.82, 2.24) is 5.32 Å². The summed E-state index contributed by atoms with van der Waals surface area (Å²) in [4.78, 5) is 12.5. The minimum absolute atomic E-state index is 0.0968. The number of fused-ring (bicyclic) bond motifs is 2. The van der Waals surface area contributed by atoms with Gasteiger partial charge < -0.3 is 20.1 Å². The Labute approximate surface area is 153 Å². The Morgan fingerprint density at radius 2 is 2.04 bits per heavy atom. The third-order valence-electron chi connectivity index (χ3n) is 4.76. The molecule has 2 N–H and O–H groups in total. The summed E-state index contributed by atoms with van der Waals surface area (Å²) in [6.45, 7) is 3.00. The molecule has 0 bridgehead atoms. The van der Waals surface area contributed by atoms with E-state index in [0.29, 0.717) is 17.9 Å². The maximum absolute atomic E-state index is 12.5. The third kappa shape index (κ3) is 3.11. The molecule has 5 nitrogen and oxygen atoms in total. The van der Waals surface area contributed by atoms with Crippen LogP contribution >= 0.6 is 0 Å². The molecule has 26 heavy (non-hydrogen) atoms. The van der Waals surface area contributed by atoms with E-state index in [2.05, 4.69) is 28.8 Å². The van der Waals surface area contributed by atoms with Crippen LogP contribution in [-0.4, -0.2) is 32.7 Å². The molecule has 0 spiro atoms. The van der Waals surface area contributed by atoms with Crippen molar-refractivity contribution in [2.45, 2.75) is 13.0 Å². The van der Waals surface area contributed by atoms with E-state index in [-0.39, 0.29) is 5.91 Å². The zero-order valence-electron chi connectivity index (χ0n) is 14.8. The Bertz CT molecular complexity index is 873. The number of rotatable bonds is 6. The fourth-order valence-corrected chi connectivity index (χ4v) is 3.45. The number of methoxy groups -OCH3 is 1. The van der Waals surface area contributed by atoms with E-state index in [1.54, 1.807) is 7.11 Å². The molecule has 4 rings (SSSR count). The molecule has 2 aromatic rings. The van der Waals surface area contributed by atoms with E-state index in [0.717, 1.165) is 48.5 Å². The summed E-state index contributed by atoms with van der Waals surface area (Å²) in [5.41, 5.74) is 5.80. The van der Waals surface area contributed by atoms with Gasteiger partial charge in [0.25, 0.3) is 5.91 Å². The highest BCUT2D eigenvalue weighted by Crippen LogP contribution is 2.41. The Morgan fingerprint density at radius 3 is 2.92 bits per heavy atom. The zero-order valence-corrected chi connectivity index (χ0v) is 14.8. The molecular weight excluding hydrogens is 328 g/mol. The molecule has 2 heterocycles. The van der Waals surface area contributed by atoms with E-state index in [9.17, 15) is 4.79 Å². The Kier molecular flexibility index (Phi) is 4.73.